The van der Waals surface area contributed by atoms with Crippen LogP contribution < -0.4 is 10.1 Å². The van der Waals surface area contributed by atoms with Crippen LogP contribution in [0.25, 0.3) is 10.9 Å². The van der Waals surface area contributed by atoms with Crippen molar-refractivity contribution in [1.82, 2.24) is 4.98 Å². The molecule has 0 radical (unpaired) electrons. The monoisotopic (exact) mass is 297 g/mol. The summed E-state index contributed by atoms with van der Waals surface area (Å²) in [6, 6.07) is 9.11. The number of hydrogen-bond acceptors (Lipinski definition) is 6. The average molecular weight is 297 g/mol. The Morgan fingerprint density at radius 1 is 1.50 bits per heavy atom. The third-order valence-corrected chi connectivity index (χ3v) is 2.89. The molecule has 1 aromatic carbocycles. The van der Waals surface area contributed by atoms with Gasteiger partial charge in [0.2, 0.25) is 0 Å². The molecular weight excluding hydrogens is 282 g/mol. The van der Waals surface area contributed by atoms with E-state index in [9.17, 15) is 4.79 Å². The van der Waals surface area contributed by atoms with Crippen molar-refractivity contribution < 1.29 is 14.3 Å². The predicted molar refractivity (Wildman–Crippen MR) is 82.2 cm³/mol. The molecule has 0 saturated carbocycles. The number of ether oxygens (including phenoxy) is 2. The van der Waals surface area contributed by atoms with Gasteiger partial charge < -0.3 is 14.8 Å². The minimum absolute atomic E-state index is 0.105. The first-order chi connectivity index (χ1) is 10.7. The van der Waals surface area contributed by atoms with Crippen molar-refractivity contribution in [3.63, 3.8) is 0 Å². The number of carbonyl (C=O) groups excluding carboxylic acids is 1. The van der Waals surface area contributed by atoms with E-state index in [4.69, 9.17) is 14.7 Å². The number of anilines is 1. The summed E-state index contributed by atoms with van der Waals surface area (Å²) in [4.78, 5) is 15.8. The van der Waals surface area contributed by atoms with E-state index in [-0.39, 0.29) is 12.2 Å². The van der Waals surface area contributed by atoms with Crippen LogP contribution >= 0.6 is 0 Å². The van der Waals surface area contributed by atoms with Gasteiger partial charge in [-0.1, -0.05) is 6.07 Å². The first-order valence-electron chi connectivity index (χ1n) is 6.66. The summed E-state index contributed by atoms with van der Waals surface area (Å²) in [6.45, 7) is 1.90. The molecule has 0 atom stereocenters. The Bertz CT molecular complexity index is 763. The van der Waals surface area contributed by atoms with Crippen LogP contribution in [0, 0.1) is 11.3 Å². The van der Waals surface area contributed by atoms with E-state index < -0.39 is 5.97 Å². The van der Waals surface area contributed by atoms with Crippen molar-refractivity contribution in [1.29, 1.82) is 5.26 Å². The van der Waals surface area contributed by atoms with Crippen molar-refractivity contribution in [2.45, 2.75) is 6.92 Å². The molecule has 1 heterocycles. The number of rotatable bonds is 5. The number of aromatic nitrogens is 1. The quantitative estimate of drug-likeness (QED) is 0.519. The molecule has 0 saturated heterocycles. The van der Waals surface area contributed by atoms with Crippen LogP contribution in [0.3, 0.4) is 0 Å². The first kappa shape index (κ1) is 15.3. The molecule has 0 aliphatic carbocycles. The van der Waals surface area contributed by atoms with Gasteiger partial charge in [0.15, 0.2) is 5.57 Å². The maximum absolute atomic E-state index is 11.5. The summed E-state index contributed by atoms with van der Waals surface area (Å²) in [6.07, 6.45) is 3.00. The molecule has 112 valence electrons. The van der Waals surface area contributed by atoms with E-state index >= 15 is 0 Å². The molecule has 1 aromatic heterocycles. The van der Waals surface area contributed by atoms with Crippen molar-refractivity contribution >= 4 is 22.6 Å². The molecule has 1 N–H and O–H groups in total. The van der Waals surface area contributed by atoms with Crippen molar-refractivity contribution in [2.24, 2.45) is 0 Å². The van der Waals surface area contributed by atoms with Gasteiger partial charge in [0.25, 0.3) is 0 Å². The summed E-state index contributed by atoms with van der Waals surface area (Å²) in [5, 5.41) is 12.8. The Morgan fingerprint density at radius 2 is 2.32 bits per heavy atom. The largest absolute Gasteiger partial charge is 0.494 e. The van der Waals surface area contributed by atoms with E-state index in [1.807, 2.05) is 18.2 Å². The predicted octanol–water partition coefficient (Wildman–Crippen LogP) is 2.63. The summed E-state index contributed by atoms with van der Waals surface area (Å²) in [7, 11) is 1.56. The van der Waals surface area contributed by atoms with Gasteiger partial charge in [0, 0.05) is 29.5 Å². The van der Waals surface area contributed by atoms with Crippen LogP contribution in [0.2, 0.25) is 0 Å². The summed E-state index contributed by atoms with van der Waals surface area (Å²) < 4.78 is 10.1. The number of nitriles is 1. The van der Waals surface area contributed by atoms with Gasteiger partial charge in [-0.3, -0.25) is 4.98 Å². The number of pyridine rings is 1. The van der Waals surface area contributed by atoms with E-state index in [0.29, 0.717) is 11.4 Å². The standard InChI is InChI=1S/C16H15N3O3/c1-3-22-16(20)12(9-17)10-19-13-7-11-5-4-6-18-15(11)14(8-13)21-2/h4-8,10,19H,3H2,1-2H3. The molecule has 6 heteroatoms. The van der Waals surface area contributed by atoms with Gasteiger partial charge in [-0.25, -0.2) is 4.79 Å². The molecule has 0 aliphatic rings. The first-order valence-corrected chi connectivity index (χ1v) is 6.66. The highest BCUT2D eigenvalue weighted by Crippen LogP contribution is 2.28. The van der Waals surface area contributed by atoms with Crippen molar-refractivity contribution in [3.8, 4) is 11.8 Å². The van der Waals surface area contributed by atoms with Crippen LogP contribution in [-0.4, -0.2) is 24.7 Å². The fourth-order valence-corrected chi connectivity index (χ4v) is 1.90. The van der Waals surface area contributed by atoms with E-state index in [1.165, 1.54) is 6.20 Å². The molecule has 0 aliphatic heterocycles. The minimum atomic E-state index is -0.660. The van der Waals surface area contributed by atoms with Crippen LogP contribution in [0.15, 0.2) is 42.2 Å². The smallest absolute Gasteiger partial charge is 0.350 e. The highest BCUT2D eigenvalue weighted by atomic mass is 16.5. The summed E-state index contributed by atoms with van der Waals surface area (Å²) in [5.74, 6) is -0.0597. The van der Waals surface area contributed by atoms with Crippen LogP contribution in [0.1, 0.15) is 6.92 Å². The zero-order valence-corrected chi connectivity index (χ0v) is 12.3. The van der Waals surface area contributed by atoms with Gasteiger partial charge in [0.05, 0.1) is 13.7 Å². The number of carbonyl (C=O) groups is 1. The third-order valence-electron chi connectivity index (χ3n) is 2.89. The topological polar surface area (TPSA) is 84.2 Å². The Morgan fingerprint density at radius 3 is 3.00 bits per heavy atom. The molecule has 0 amide bonds. The lowest BCUT2D eigenvalue weighted by Crippen LogP contribution is -2.07. The number of methoxy groups -OCH3 is 1. The lowest BCUT2D eigenvalue weighted by atomic mass is 10.2. The molecule has 0 unspecified atom stereocenters. The zero-order valence-electron chi connectivity index (χ0n) is 12.3. The second-order valence-electron chi connectivity index (χ2n) is 4.29. The minimum Gasteiger partial charge on any atom is -0.494 e. The maximum atomic E-state index is 11.5. The molecule has 0 spiro atoms. The lowest BCUT2D eigenvalue weighted by molar-refractivity contribution is -0.138. The average Bonchev–Trinajstić information content (AvgIpc) is 2.54. The van der Waals surface area contributed by atoms with Crippen LogP contribution in [0.4, 0.5) is 5.69 Å². The second-order valence-corrected chi connectivity index (χ2v) is 4.29. The third kappa shape index (κ3) is 3.33. The number of esters is 1. The van der Waals surface area contributed by atoms with Crippen molar-refractivity contribution in [2.75, 3.05) is 19.0 Å². The summed E-state index contributed by atoms with van der Waals surface area (Å²) >= 11 is 0. The molecular formula is C16H15N3O3. The van der Waals surface area contributed by atoms with Gasteiger partial charge in [-0.2, -0.15) is 5.26 Å². The highest BCUT2D eigenvalue weighted by Gasteiger charge is 2.10. The molecule has 2 rings (SSSR count). The van der Waals surface area contributed by atoms with E-state index in [2.05, 4.69) is 10.3 Å². The Balaban J connectivity index is 2.32. The Labute approximate surface area is 128 Å². The van der Waals surface area contributed by atoms with Gasteiger partial charge in [-0.15, -0.1) is 0 Å². The highest BCUT2D eigenvalue weighted by molar-refractivity contribution is 5.93. The van der Waals surface area contributed by atoms with Gasteiger partial charge in [-0.05, 0) is 19.1 Å². The Kier molecular flexibility index (Phi) is 4.94. The molecule has 22 heavy (non-hydrogen) atoms. The fraction of sp³-hybridized carbons (Fsp3) is 0.188. The second kappa shape index (κ2) is 7.09. The van der Waals surface area contributed by atoms with Crippen LogP contribution in [0.5, 0.6) is 5.75 Å². The SMILES string of the molecule is CCOC(=O)C(C#N)=CNc1cc(OC)c2ncccc2c1. The number of nitrogens with one attached hydrogen (secondary N) is 1. The normalized spacial score (nSPS) is 10.9. The number of fused-ring (bicyclic) bond motifs is 1. The zero-order chi connectivity index (χ0) is 15.9. The fourth-order valence-electron chi connectivity index (χ4n) is 1.90. The van der Waals surface area contributed by atoms with E-state index in [1.54, 1.807) is 32.4 Å². The number of benzene rings is 1. The van der Waals surface area contributed by atoms with Gasteiger partial charge in [0.1, 0.15) is 17.3 Å². The lowest BCUT2D eigenvalue weighted by Gasteiger charge is -2.08. The molecule has 2 aromatic rings. The Hall–Kier alpha value is -3.07. The summed E-state index contributed by atoms with van der Waals surface area (Å²) in [5.41, 5.74) is 1.31. The van der Waals surface area contributed by atoms with Crippen molar-refractivity contribution in [3.05, 3.63) is 42.2 Å². The van der Waals surface area contributed by atoms with E-state index in [0.717, 1.165) is 10.9 Å². The molecule has 6 nitrogen and oxygen atoms in total. The number of hydrogen-bond donors (Lipinski definition) is 1. The van der Waals surface area contributed by atoms with Gasteiger partial charge >= 0.3 is 5.97 Å². The maximum Gasteiger partial charge on any atom is 0.350 e. The number of nitrogens with zero attached hydrogens (tertiary/aromatic N) is 2. The molecule has 0 bridgehead atoms. The molecule has 0 fully saturated rings. The van der Waals surface area contributed by atoms with Crippen LogP contribution in [-0.2, 0) is 9.53 Å².